The standard InChI is InChI=1S/C14H18N2O4S2/c1-3-11(13-6-5-7-21-13)15-22(19,20)10-8-12(14(17)18)16(4-2)9-10/h5-9,11,15H,3-4H2,1-2H3,(H,17,18). The lowest BCUT2D eigenvalue weighted by Crippen LogP contribution is -2.27. The summed E-state index contributed by atoms with van der Waals surface area (Å²) in [4.78, 5) is 12.1. The third-order valence-corrected chi connectivity index (χ3v) is 5.76. The molecule has 0 aliphatic rings. The average molecular weight is 342 g/mol. The Bertz CT molecular complexity index is 748. The maximum absolute atomic E-state index is 12.5. The number of carboxylic acids is 1. The first-order valence-electron chi connectivity index (χ1n) is 6.88. The minimum atomic E-state index is -3.77. The lowest BCUT2D eigenvalue weighted by Gasteiger charge is -2.14. The summed E-state index contributed by atoms with van der Waals surface area (Å²) >= 11 is 1.48. The van der Waals surface area contributed by atoms with Crippen LogP contribution in [0.25, 0.3) is 0 Å². The van der Waals surface area contributed by atoms with Crippen LogP contribution >= 0.6 is 11.3 Å². The Balaban J connectivity index is 2.32. The van der Waals surface area contributed by atoms with Gasteiger partial charge in [-0.3, -0.25) is 0 Å². The second-order valence-corrected chi connectivity index (χ2v) is 7.44. The molecule has 0 fully saturated rings. The van der Waals surface area contributed by atoms with Gasteiger partial charge in [0, 0.05) is 17.6 Å². The van der Waals surface area contributed by atoms with Crippen molar-refractivity contribution in [1.82, 2.24) is 9.29 Å². The van der Waals surface area contributed by atoms with Crippen LogP contribution in [0, 0.1) is 0 Å². The van der Waals surface area contributed by atoms with Crippen LogP contribution in [0.1, 0.15) is 41.7 Å². The third kappa shape index (κ3) is 3.40. The first kappa shape index (κ1) is 16.7. The zero-order valence-electron chi connectivity index (χ0n) is 12.3. The van der Waals surface area contributed by atoms with Crippen LogP contribution in [-0.4, -0.2) is 24.1 Å². The molecule has 0 spiro atoms. The molecule has 0 aromatic carbocycles. The van der Waals surface area contributed by atoms with Crippen molar-refractivity contribution in [2.75, 3.05) is 0 Å². The molecule has 2 aromatic rings. The van der Waals surface area contributed by atoms with Gasteiger partial charge in [-0.25, -0.2) is 17.9 Å². The van der Waals surface area contributed by atoms with E-state index in [4.69, 9.17) is 5.11 Å². The molecule has 1 unspecified atom stereocenters. The monoisotopic (exact) mass is 342 g/mol. The van der Waals surface area contributed by atoms with Crippen molar-refractivity contribution in [3.8, 4) is 0 Å². The van der Waals surface area contributed by atoms with Crippen LogP contribution in [0.5, 0.6) is 0 Å². The Hall–Kier alpha value is -1.64. The largest absolute Gasteiger partial charge is 0.477 e. The second kappa shape index (κ2) is 6.64. The molecule has 2 aromatic heterocycles. The molecule has 6 nitrogen and oxygen atoms in total. The molecule has 0 saturated heterocycles. The normalized spacial score (nSPS) is 13.2. The number of thiophene rings is 1. The molecule has 0 amide bonds. The van der Waals surface area contributed by atoms with Gasteiger partial charge in [-0.15, -0.1) is 11.3 Å². The van der Waals surface area contributed by atoms with E-state index in [0.717, 1.165) is 4.88 Å². The van der Waals surface area contributed by atoms with Crippen molar-refractivity contribution < 1.29 is 18.3 Å². The highest BCUT2D eigenvalue weighted by Crippen LogP contribution is 2.24. The number of nitrogens with zero attached hydrogens (tertiary/aromatic N) is 1. The fourth-order valence-corrected chi connectivity index (χ4v) is 4.43. The van der Waals surface area contributed by atoms with Crippen LogP contribution in [0.3, 0.4) is 0 Å². The van der Waals surface area contributed by atoms with Crippen molar-refractivity contribution in [3.05, 3.63) is 40.3 Å². The SMILES string of the molecule is CCC(NS(=O)(=O)c1cc(C(=O)O)n(CC)c1)c1cccs1. The van der Waals surface area contributed by atoms with Gasteiger partial charge in [0.15, 0.2) is 0 Å². The molecule has 2 heterocycles. The minimum Gasteiger partial charge on any atom is -0.477 e. The molecule has 2 rings (SSSR count). The van der Waals surface area contributed by atoms with E-state index in [0.29, 0.717) is 13.0 Å². The smallest absolute Gasteiger partial charge is 0.352 e. The van der Waals surface area contributed by atoms with Gasteiger partial charge < -0.3 is 9.67 Å². The van der Waals surface area contributed by atoms with E-state index in [-0.39, 0.29) is 16.6 Å². The quantitative estimate of drug-likeness (QED) is 0.810. The summed E-state index contributed by atoms with van der Waals surface area (Å²) in [6.45, 7) is 4.04. The van der Waals surface area contributed by atoms with Crippen molar-refractivity contribution in [2.45, 2.75) is 37.8 Å². The molecular formula is C14H18N2O4S2. The van der Waals surface area contributed by atoms with Crippen LogP contribution < -0.4 is 4.72 Å². The average Bonchev–Trinajstić information content (AvgIpc) is 3.13. The topological polar surface area (TPSA) is 88.4 Å². The van der Waals surface area contributed by atoms with E-state index in [1.165, 1.54) is 28.2 Å². The predicted octanol–water partition coefficient (Wildman–Crippen LogP) is 2.70. The van der Waals surface area contributed by atoms with Crippen LogP contribution in [-0.2, 0) is 16.6 Å². The molecular weight excluding hydrogens is 324 g/mol. The molecule has 0 saturated carbocycles. The molecule has 0 radical (unpaired) electrons. The Labute approximate surface area is 133 Å². The highest BCUT2D eigenvalue weighted by Gasteiger charge is 2.24. The number of aromatic nitrogens is 1. The van der Waals surface area contributed by atoms with E-state index < -0.39 is 16.0 Å². The maximum atomic E-state index is 12.5. The highest BCUT2D eigenvalue weighted by molar-refractivity contribution is 7.89. The van der Waals surface area contributed by atoms with Gasteiger partial charge in [0.2, 0.25) is 10.0 Å². The lowest BCUT2D eigenvalue weighted by molar-refractivity contribution is 0.0685. The van der Waals surface area contributed by atoms with Gasteiger partial charge in [-0.1, -0.05) is 13.0 Å². The van der Waals surface area contributed by atoms with E-state index in [2.05, 4.69) is 4.72 Å². The summed E-state index contributed by atoms with van der Waals surface area (Å²) in [5.74, 6) is -1.14. The number of aromatic carboxylic acids is 1. The Morgan fingerprint density at radius 3 is 2.64 bits per heavy atom. The molecule has 0 aliphatic carbocycles. The first-order valence-corrected chi connectivity index (χ1v) is 9.24. The van der Waals surface area contributed by atoms with Crippen molar-refractivity contribution in [1.29, 1.82) is 0 Å². The molecule has 22 heavy (non-hydrogen) atoms. The highest BCUT2D eigenvalue weighted by atomic mass is 32.2. The molecule has 0 bridgehead atoms. The summed E-state index contributed by atoms with van der Waals surface area (Å²) in [5.41, 5.74) is -0.0351. The summed E-state index contributed by atoms with van der Waals surface area (Å²) in [7, 11) is -3.77. The molecule has 2 N–H and O–H groups in total. The minimum absolute atomic E-state index is 0.0262. The van der Waals surface area contributed by atoms with Crippen molar-refractivity contribution >= 4 is 27.3 Å². The van der Waals surface area contributed by atoms with Crippen LogP contribution in [0.2, 0.25) is 0 Å². The van der Waals surface area contributed by atoms with Gasteiger partial charge in [0.25, 0.3) is 0 Å². The van der Waals surface area contributed by atoms with Gasteiger partial charge >= 0.3 is 5.97 Å². The van der Waals surface area contributed by atoms with Gasteiger partial charge in [-0.05, 0) is 30.9 Å². The number of hydrogen-bond acceptors (Lipinski definition) is 4. The zero-order valence-corrected chi connectivity index (χ0v) is 13.9. The number of sulfonamides is 1. The maximum Gasteiger partial charge on any atom is 0.352 e. The number of carbonyl (C=O) groups is 1. The lowest BCUT2D eigenvalue weighted by atomic mass is 10.2. The zero-order chi connectivity index (χ0) is 16.3. The number of hydrogen-bond donors (Lipinski definition) is 2. The van der Waals surface area contributed by atoms with Gasteiger partial charge in [-0.2, -0.15) is 0 Å². The number of rotatable bonds is 7. The Kier molecular flexibility index (Phi) is 5.05. The van der Waals surface area contributed by atoms with Crippen LogP contribution in [0.4, 0.5) is 0 Å². The predicted molar refractivity (Wildman–Crippen MR) is 84.7 cm³/mol. The Morgan fingerprint density at radius 2 is 2.18 bits per heavy atom. The summed E-state index contributed by atoms with van der Waals surface area (Å²) < 4.78 is 29.0. The number of carboxylic acid groups (broad SMARTS) is 1. The van der Waals surface area contributed by atoms with Gasteiger partial charge in [0.1, 0.15) is 10.6 Å². The molecule has 8 heteroatoms. The second-order valence-electron chi connectivity index (χ2n) is 4.75. The summed E-state index contributed by atoms with van der Waals surface area (Å²) in [5, 5.41) is 11.0. The van der Waals surface area contributed by atoms with E-state index in [1.807, 2.05) is 24.4 Å². The summed E-state index contributed by atoms with van der Waals surface area (Å²) in [6.07, 6.45) is 1.97. The van der Waals surface area contributed by atoms with Gasteiger partial charge in [0.05, 0.1) is 6.04 Å². The Morgan fingerprint density at radius 1 is 1.45 bits per heavy atom. The first-order chi connectivity index (χ1) is 10.4. The molecule has 0 aliphatic heterocycles. The van der Waals surface area contributed by atoms with E-state index in [9.17, 15) is 13.2 Å². The fraction of sp³-hybridized carbons (Fsp3) is 0.357. The summed E-state index contributed by atoms with van der Waals surface area (Å²) in [6, 6.07) is 4.62. The fourth-order valence-electron chi connectivity index (χ4n) is 2.16. The van der Waals surface area contributed by atoms with Crippen molar-refractivity contribution in [2.24, 2.45) is 0 Å². The van der Waals surface area contributed by atoms with E-state index in [1.54, 1.807) is 6.92 Å². The third-order valence-electron chi connectivity index (χ3n) is 3.33. The van der Waals surface area contributed by atoms with Crippen LogP contribution in [0.15, 0.2) is 34.7 Å². The van der Waals surface area contributed by atoms with E-state index >= 15 is 0 Å². The molecule has 1 atom stereocenters. The number of aryl methyl sites for hydroxylation is 1. The molecule has 120 valence electrons. The number of nitrogens with one attached hydrogen (secondary N) is 1. The van der Waals surface area contributed by atoms with Crippen molar-refractivity contribution in [3.63, 3.8) is 0 Å².